The summed E-state index contributed by atoms with van der Waals surface area (Å²) in [6.45, 7) is 2.19. The molecule has 0 saturated heterocycles. The first-order valence-corrected chi connectivity index (χ1v) is 11.5. The first kappa shape index (κ1) is 21.7. The Kier molecular flexibility index (Phi) is 6.52. The molecule has 1 unspecified atom stereocenters. The molecular formula is C22H19ClN2O4S2. The van der Waals surface area contributed by atoms with Gasteiger partial charge >= 0.3 is 5.97 Å². The number of allylic oxidation sites excluding steroid dienone is 1. The van der Waals surface area contributed by atoms with Crippen molar-refractivity contribution in [3.63, 3.8) is 0 Å². The van der Waals surface area contributed by atoms with Gasteiger partial charge in [-0.3, -0.25) is 9.36 Å². The predicted molar refractivity (Wildman–Crippen MR) is 122 cm³/mol. The fraction of sp³-hybridized carbons (Fsp3) is 0.227. The topological polar surface area (TPSA) is 69.9 Å². The number of thiazole rings is 1. The smallest absolute Gasteiger partial charge is 0.338 e. The van der Waals surface area contributed by atoms with Gasteiger partial charge in [0.15, 0.2) is 4.80 Å². The van der Waals surface area contributed by atoms with Crippen molar-refractivity contribution in [2.75, 3.05) is 20.3 Å². The van der Waals surface area contributed by atoms with E-state index in [0.29, 0.717) is 32.2 Å². The molecule has 4 rings (SSSR count). The summed E-state index contributed by atoms with van der Waals surface area (Å²) in [4.78, 5) is 32.3. The lowest BCUT2D eigenvalue weighted by atomic mass is 10.0. The van der Waals surface area contributed by atoms with E-state index in [-0.39, 0.29) is 12.2 Å². The Balaban J connectivity index is 1.84. The lowest BCUT2D eigenvalue weighted by Gasteiger charge is -2.23. The van der Waals surface area contributed by atoms with Gasteiger partial charge in [0, 0.05) is 17.0 Å². The minimum Gasteiger partial charge on any atom is -0.460 e. The van der Waals surface area contributed by atoms with Gasteiger partial charge in [-0.25, -0.2) is 9.79 Å². The molecule has 0 spiro atoms. The van der Waals surface area contributed by atoms with Gasteiger partial charge in [0.25, 0.3) is 5.56 Å². The second-order valence-corrected chi connectivity index (χ2v) is 9.20. The summed E-state index contributed by atoms with van der Waals surface area (Å²) in [5, 5.41) is 2.55. The fourth-order valence-electron chi connectivity index (χ4n) is 3.30. The number of fused-ring (bicyclic) bond motifs is 1. The first-order chi connectivity index (χ1) is 15.0. The van der Waals surface area contributed by atoms with Crippen molar-refractivity contribution in [2.24, 2.45) is 4.99 Å². The van der Waals surface area contributed by atoms with Gasteiger partial charge in [0.1, 0.15) is 12.6 Å². The number of carbonyl (C=O) groups is 1. The van der Waals surface area contributed by atoms with E-state index in [9.17, 15) is 9.59 Å². The van der Waals surface area contributed by atoms with Crippen LogP contribution in [-0.4, -0.2) is 30.9 Å². The van der Waals surface area contributed by atoms with E-state index in [1.807, 2.05) is 35.7 Å². The minimum absolute atomic E-state index is 0.129. The largest absolute Gasteiger partial charge is 0.460 e. The van der Waals surface area contributed by atoms with Crippen LogP contribution in [-0.2, 0) is 14.3 Å². The number of carbonyl (C=O) groups excluding carboxylic acids is 1. The van der Waals surface area contributed by atoms with E-state index in [2.05, 4.69) is 4.99 Å². The molecule has 0 radical (unpaired) electrons. The Morgan fingerprint density at radius 1 is 1.26 bits per heavy atom. The highest BCUT2D eigenvalue weighted by Crippen LogP contribution is 2.33. The molecule has 0 bridgehead atoms. The Morgan fingerprint density at radius 2 is 2.03 bits per heavy atom. The fourth-order valence-corrected chi connectivity index (χ4v) is 5.30. The molecule has 9 heteroatoms. The highest BCUT2D eigenvalue weighted by Gasteiger charge is 2.33. The number of hydrogen-bond donors (Lipinski definition) is 0. The van der Waals surface area contributed by atoms with E-state index >= 15 is 0 Å². The summed E-state index contributed by atoms with van der Waals surface area (Å²) >= 11 is 8.74. The normalized spacial score (nSPS) is 16.2. The zero-order chi connectivity index (χ0) is 22.0. The number of hydrogen-bond acceptors (Lipinski definition) is 7. The highest BCUT2D eigenvalue weighted by atomic mass is 35.5. The average Bonchev–Trinajstić information content (AvgIpc) is 3.38. The van der Waals surface area contributed by atoms with Crippen LogP contribution in [0.3, 0.4) is 0 Å². The number of methoxy groups -OCH3 is 1. The monoisotopic (exact) mass is 474 g/mol. The quantitative estimate of drug-likeness (QED) is 0.406. The maximum atomic E-state index is 13.4. The predicted octanol–water partition coefficient (Wildman–Crippen LogP) is 3.14. The van der Waals surface area contributed by atoms with Crippen molar-refractivity contribution >= 4 is 46.3 Å². The Labute approximate surface area is 191 Å². The molecule has 1 aliphatic heterocycles. The van der Waals surface area contributed by atoms with Gasteiger partial charge in [0.05, 0.1) is 22.4 Å². The summed E-state index contributed by atoms with van der Waals surface area (Å²) in [5.74, 6) is -0.497. The number of nitrogens with zero attached hydrogens (tertiary/aromatic N) is 2. The number of ether oxygens (including phenoxy) is 2. The lowest BCUT2D eigenvalue weighted by Crippen LogP contribution is -2.39. The molecule has 2 aromatic heterocycles. The van der Waals surface area contributed by atoms with Crippen molar-refractivity contribution in [3.8, 4) is 0 Å². The number of aromatic nitrogens is 1. The number of esters is 1. The third-order valence-electron chi connectivity index (χ3n) is 4.74. The molecule has 0 aliphatic carbocycles. The van der Waals surface area contributed by atoms with Crippen molar-refractivity contribution in [2.45, 2.75) is 13.0 Å². The SMILES string of the molecule is COCCOC(=O)C1=C(C)N=c2s/c(=C\c3ccc(Cl)cc3)c(=O)n2C1c1cccs1. The molecular weight excluding hydrogens is 456 g/mol. The Morgan fingerprint density at radius 3 is 2.71 bits per heavy atom. The molecule has 0 amide bonds. The van der Waals surface area contributed by atoms with E-state index in [1.54, 1.807) is 30.7 Å². The lowest BCUT2D eigenvalue weighted by molar-refractivity contribution is -0.140. The first-order valence-electron chi connectivity index (χ1n) is 9.47. The van der Waals surface area contributed by atoms with E-state index < -0.39 is 12.0 Å². The van der Waals surface area contributed by atoms with Crippen LogP contribution in [0.25, 0.3) is 6.08 Å². The van der Waals surface area contributed by atoms with Crippen LogP contribution in [0.5, 0.6) is 0 Å². The van der Waals surface area contributed by atoms with E-state index in [1.165, 1.54) is 22.7 Å². The second-order valence-electron chi connectivity index (χ2n) is 6.78. The van der Waals surface area contributed by atoms with Crippen LogP contribution in [0.4, 0.5) is 0 Å². The number of benzene rings is 1. The van der Waals surface area contributed by atoms with Crippen molar-refractivity contribution in [1.82, 2.24) is 4.57 Å². The maximum Gasteiger partial charge on any atom is 0.338 e. The van der Waals surface area contributed by atoms with Crippen LogP contribution < -0.4 is 14.9 Å². The third-order valence-corrected chi connectivity index (χ3v) is 6.90. The van der Waals surface area contributed by atoms with Gasteiger partial charge in [-0.2, -0.15) is 0 Å². The molecule has 3 aromatic rings. The molecule has 31 heavy (non-hydrogen) atoms. The molecule has 3 heterocycles. The molecule has 1 aliphatic rings. The second kappa shape index (κ2) is 9.32. The van der Waals surface area contributed by atoms with Gasteiger partial charge in [0.2, 0.25) is 0 Å². The summed E-state index contributed by atoms with van der Waals surface area (Å²) < 4.78 is 12.5. The zero-order valence-corrected chi connectivity index (χ0v) is 19.2. The minimum atomic E-state index is -0.585. The number of halogens is 1. The van der Waals surface area contributed by atoms with E-state index in [0.717, 1.165) is 10.4 Å². The molecule has 1 atom stereocenters. The highest BCUT2D eigenvalue weighted by molar-refractivity contribution is 7.10. The van der Waals surface area contributed by atoms with Crippen molar-refractivity contribution < 1.29 is 14.3 Å². The van der Waals surface area contributed by atoms with Crippen LogP contribution >= 0.6 is 34.3 Å². The maximum absolute atomic E-state index is 13.4. The van der Waals surface area contributed by atoms with Crippen LogP contribution in [0.1, 0.15) is 23.4 Å². The number of thiophene rings is 1. The third kappa shape index (κ3) is 4.43. The summed E-state index contributed by atoms with van der Waals surface area (Å²) in [6.07, 6.45) is 1.81. The molecule has 0 fully saturated rings. The van der Waals surface area contributed by atoms with Gasteiger partial charge in [-0.1, -0.05) is 41.1 Å². The van der Waals surface area contributed by atoms with Gasteiger partial charge in [-0.05, 0) is 42.1 Å². The molecule has 6 nitrogen and oxygen atoms in total. The average molecular weight is 475 g/mol. The summed E-state index contributed by atoms with van der Waals surface area (Å²) in [6, 6.07) is 10.5. The molecule has 1 aromatic carbocycles. The molecule has 160 valence electrons. The van der Waals surface area contributed by atoms with Gasteiger partial charge in [-0.15, -0.1) is 11.3 Å². The van der Waals surface area contributed by atoms with Crippen LogP contribution in [0.2, 0.25) is 5.02 Å². The standard InChI is InChI=1S/C22H19ClN2O4S2/c1-13-18(21(27)29-10-9-28-2)19(16-4-3-11-30-16)25-20(26)17(31-22(25)24-13)12-14-5-7-15(23)8-6-14/h3-8,11-12,19H,9-10H2,1-2H3/b17-12-. The molecule has 0 N–H and O–H groups in total. The Bertz CT molecular complexity index is 1300. The van der Waals surface area contributed by atoms with Crippen LogP contribution in [0.15, 0.2) is 62.8 Å². The molecule has 0 saturated carbocycles. The van der Waals surface area contributed by atoms with Gasteiger partial charge < -0.3 is 9.47 Å². The van der Waals surface area contributed by atoms with E-state index in [4.69, 9.17) is 21.1 Å². The summed E-state index contributed by atoms with van der Waals surface area (Å²) in [5.41, 5.74) is 1.56. The van der Waals surface area contributed by atoms with Crippen molar-refractivity contribution in [3.05, 3.63) is 88.2 Å². The Hall–Kier alpha value is -2.52. The van der Waals surface area contributed by atoms with Crippen molar-refractivity contribution in [1.29, 1.82) is 0 Å². The summed E-state index contributed by atoms with van der Waals surface area (Å²) in [7, 11) is 1.54. The van der Waals surface area contributed by atoms with Crippen LogP contribution in [0, 0.1) is 0 Å². The zero-order valence-electron chi connectivity index (χ0n) is 16.8. The number of rotatable bonds is 6.